The molecule has 1 N–H and O–H groups in total. The first-order valence-corrected chi connectivity index (χ1v) is 6.60. The highest BCUT2D eigenvalue weighted by atomic mass is 16.5. The van der Waals surface area contributed by atoms with Crippen LogP contribution in [0, 0.1) is 11.3 Å². The lowest BCUT2D eigenvalue weighted by Gasteiger charge is -2.09. The zero-order valence-electron chi connectivity index (χ0n) is 11.0. The number of benzene rings is 1. The molecule has 0 saturated carbocycles. The summed E-state index contributed by atoms with van der Waals surface area (Å²) in [6.45, 7) is 0.000814. The number of nitrogens with zero attached hydrogens (tertiary/aromatic N) is 2. The van der Waals surface area contributed by atoms with Crippen molar-refractivity contribution < 1.29 is 9.84 Å². The van der Waals surface area contributed by atoms with Crippen molar-refractivity contribution in [2.24, 2.45) is 0 Å². The Labute approximate surface area is 117 Å². The van der Waals surface area contributed by atoms with Crippen LogP contribution in [0.1, 0.15) is 28.8 Å². The van der Waals surface area contributed by atoms with E-state index in [0.717, 1.165) is 36.1 Å². The maximum atomic E-state index is 9.21. The molecule has 0 amide bonds. The molecule has 1 aliphatic rings. The molecule has 0 unspecified atom stereocenters. The lowest BCUT2D eigenvalue weighted by Crippen LogP contribution is -1.97. The van der Waals surface area contributed by atoms with Crippen LogP contribution in [0.3, 0.4) is 0 Å². The van der Waals surface area contributed by atoms with Gasteiger partial charge < -0.3 is 9.84 Å². The summed E-state index contributed by atoms with van der Waals surface area (Å²) in [5.74, 6) is 0.981. The van der Waals surface area contributed by atoms with Crippen LogP contribution in [0.15, 0.2) is 30.3 Å². The Morgan fingerprint density at radius 3 is 2.75 bits per heavy atom. The summed E-state index contributed by atoms with van der Waals surface area (Å²) >= 11 is 0. The van der Waals surface area contributed by atoms with Crippen LogP contribution in [0.4, 0.5) is 0 Å². The number of aliphatic hydroxyl groups excluding tert-OH is 1. The van der Waals surface area contributed by atoms with Crippen LogP contribution < -0.4 is 4.74 Å². The summed E-state index contributed by atoms with van der Waals surface area (Å²) in [5, 5.41) is 18.2. The maximum absolute atomic E-state index is 9.21. The van der Waals surface area contributed by atoms with Gasteiger partial charge in [-0.25, -0.2) is 4.98 Å². The summed E-state index contributed by atoms with van der Waals surface area (Å²) in [6.07, 6.45) is 3.02. The molecule has 1 aromatic carbocycles. The van der Waals surface area contributed by atoms with Crippen molar-refractivity contribution >= 4 is 0 Å². The third-order valence-corrected chi connectivity index (χ3v) is 3.46. The third-order valence-electron chi connectivity index (χ3n) is 3.46. The zero-order valence-corrected chi connectivity index (χ0v) is 11.0. The average Bonchev–Trinajstić information content (AvgIpc) is 2.94. The van der Waals surface area contributed by atoms with E-state index in [9.17, 15) is 5.26 Å². The van der Waals surface area contributed by atoms with Gasteiger partial charge in [-0.2, -0.15) is 5.26 Å². The Bertz CT molecular complexity index is 672. The second-order valence-corrected chi connectivity index (χ2v) is 4.82. The molecular weight excluding hydrogens is 252 g/mol. The second-order valence-electron chi connectivity index (χ2n) is 4.82. The van der Waals surface area contributed by atoms with Gasteiger partial charge >= 0.3 is 0 Å². The Kier molecular flexibility index (Phi) is 3.36. The maximum Gasteiger partial charge on any atom is 0.237 e. The summed E-state index contributed by atoms with van der Waals surface area (Å²) in [6, 6.07) is 11.1. The molecule has 0 atom stereocenters. The first kappa shape index (κ1) is 12.6. The minimum absolute atomic E-state index is 0.000814. The molecule has 1 aromatic heterocycles. The molecule has 0 bridgehead atoms. The first-order valence-electron chi connectivity index (χ1n) is 6.60. The zero-order chi connectivity index (χ0) is 13.9. The van der Waals surface area contributed by atoms with Crippen LogP contribution in [0.2, 0.25) is 0 Å². The molecule has 3 rings (SSSR count). The minimum atomic E-state index is 0.000814. The molecule has 4 heteroatoms. The van der Waals surface area contributed by atoms with E-state index in [1.165, 1.54) is 0 Å². The quantitative estimate of drug-likeness (QED) is 0.927. The molecule has 4 nitrogen and oxygen atoms in total. The van der Waals surface area contributed by atoms with Crippen LogP contribution in [-0.4, -0.2) is 10.1 Å². The number of pyridine rings is 1. The van der Waals surface area contributed by atoms with Gasteiger partial charge in [0, 0.05) is 5.69 Å². The van der Waals surface area contributed by atoms with Crippen LogP contribution in [-0.2, 0) is 19.4 Å². The number of aryl methyl sites for hydroxylation is 2. The smallest absolute Gasteiger partial charge is 0.237 e. The normalized spacial score (nSPS) is 12.8. The number of hydrogen-bond acceptors (Lipinski definition) is 4. The number of nitriles is 1. The molecule has 0 saturated heterocycles. The molecule has 0 fully saturated rings. The highest BCUT2D eigenvalue weighted by molar-refractivity contribution is 5.45. The number of fused-ring (bicyclic) bond motifs is 1. The van der Waals surface area contributed by atoms with Crippen molar-refractivity contribution in [2.45, 2.75) is 25.9 Å². The summed E-state index contributed by atoms with van der Waals surface area (Å²) < 4.78 is 5.71. The number of ether oxygens (including phenoxy) is 1. The molecule has 1 heterocycles. The van der Waals surface area contributed by atoms with Crippen molar-refractivity contribution in [3.05, 3.63) is 52.7 Å². The van der Waals surface area contributed by atoms with Crippen molar-refractivity contribution in [3.8, 4) is 17.7 Å². The van der Waals surface area contributed by atoms with Gasteiger partial charge in [-0.3, -0.25) is 0 Å². The standard InChI is InChI=1S/C16H14N2O2/c17-9-13-8-12-2-1-3-15(12)18-16(13)20-14-6-4-11(10-19)5-7-14/h4-8,19H,1-3,10H2. The predicted octanol–water partition coefficient (Wildman–Crippen LogP) is 2.73. The Balaban J connectivity index is 1.91. The molecule has 100 valence electrons. The summed E-state index contributed by atoms with van der Waals surface area (Å²) in [5.41, 5.74) is 3.48. The number of rotatable bonds is 3. The molecular formula is C16H14N2O2. The molecule has 20 heavy (non-hydrogen) atoms. The average molecular weight is 266 g/mol. The monoisotopic (exact) mass is 266 g/mol. The van der Waals surface area contributed by atoms with Crippen molar-refractivity contribution in [3.63, 3.8) is 0 Å². The van der Waals surface area contributed by atoms with Gasteiger partial charge in [-0.05, 0) is 48.6 Å². The Morgan fingerprint density at radius 1 is 1.25 bits per heavy atom. The van der Waals surface area contributed by atoms with Crippen LogP contribution >= 0.6 is 0 Å². The van der Waals surface area contributed by atoms with E-state index >= 15 is 0 Å². The van der Waals surface area contributed by atoms with Gasteiger partial charge in [0.2, 0.25) is 5.88 Å². The van der Waals surface area contributed by atoms with E-state index in [1.54, 1.807) is 24.3 Å². The van der Waals surface area contributed by atoms with E-state index < -0.39 is 0 Å². The Morgan fingerprint density at radius 2 is 2.05 bits per heavy atom. The fourth-order valence-corrected chi connectivity index (χ4v) is 2.39. The molecule has 0 spiro atoms. The van der Waals surface area contributed by atoms with E-state index in [4.69, 9.17) is 9.84 Å². The van der Waals surface area contributed by atoms with E-state index in [0.29, 0.717) is 17.2 Å². The molecule has 0 radical (unpaired) electrons. The van der Waals surface area contributed by atoms with Gasteiger partial charge in [0.05, 0.1) is 6.61 Å². The van der Waals surface area contributed by atoms with E-state index in [2.05, 4.69) is 11.1 Å². The Hall–Kier alpha value is -2.38. The number of aromatic nitrogens is 1. The second kappa shape index (κ2) is 5.32. The van der Waals surface area contributed by atoms with Gasteiger partial charge in [-0.1, -0.05) is 12.1 Å². The van der Waals surface area contributed by atoms with Crippen molar-refractivity contribution in [2.75, 3.05) is 0 Å². The van der Waals surface area contributed by atoms with Crippen molar-refractivity contribution in [1.82, 2.24) is 4.98 Å². The van der Waals surface area contributed by atoms with Gasteiger partial charge in [0.15, 0.2) is 0 Å². The number of aliphatic hydroxyl groups is 1. The van der Waals surface area contributed by atoms with E-state index in [1.807, 2.05) is 6.07 Å². The highest BCUT2D eigenvalue weighted by Crippen LogP contribution is 2.29. The third kappa shape index (κ3) is 2.36. The van der Waals surface area contributed by atoms with Gasteiger partial charge in [0.1, 0.15) is 17.4 Å². The van der Waals surface area contributed by atoms with Gasteiger partial charge in [-0.15, -0.1) is 0 Å². The minimum Gasteiger partial charge on any atom is -0.438 e. The number of hydrogen-bond donors (Lipinski definition) is 1. The summed E-state index contributed by atoms with van der Waals surface area (Å²) in [4.78, 5) is 4.47. The fourth-order valence-electron chi connectivity index (χ4n) is 2.39. The highest BCUT2D eigenvalue weighted by Gasteiger charge is 2.17. The van der Waals surface area contributed by atoms with Crippen molar-refractivity contribution in [1.29, 1.82) is 5.26 Å². The molecule has 1 aliphatic carbocycles. The topological polar surface area (TPSA) is 66.1 Å². The summed E-state index contributed by atoms with van der Waals surface area (Å²) in [7, 11) is 0. The van der Waals surface area contributed by atoms with Gasteiger partial charge in [0.25, 0.3) is 0 Å². The molecule has 0 aliphatic heterocycles. The first-order chi connectivity index (χ1) is 9.80. The fraction of sp³-hybridized carbons (Fsp3) is 0.250. The lowest BCUT2D eigenvalue weighted by atomic mass is 10.1. The molecule has 2 aromatic rings. The van der Waals surface area contributed by atoms with Crippen LogP contribution in [0.5, 0.6) is 11.6 Å². The van der Waals surface area contributed by atoms with Crippen LogP contribution in [0.25, 0.3) is 0 Å². The largest absolute Gasteiger partial charge is 0.438 e. The predicted molar refractivity (Wildman–Crippen MR) is 73.4 cm³/mol. The lowest BCUT2D eigenvalue weighted by molar-refractivity contribution is 0.281. The SMILES string of the molecule is N#Cc1cc2c(nc1Oc1ccc(CO)cc1)CCC2. The van der Waals surface area contributed by atoms with E-state index in [-0.39, 0.29) is 6.61 Å².